The first-order chi connectivity index (χ1) is 6.98. The molecule has 82 valence electrons. The molecule has 0 aliphatic carbocycles. The van der Waals surface area contributed by atoms with Crippen LogP contribution in [0.4, 0.5) is 0 Å². The minimum atomic E-state index is -0.377. The number of halogens is 1. The lowest BCUT2D eigenvalue weighted by atomic mass is 9.95. The molecule has 0 aromatic heterocycles. The second-order valence-electron chi connectivity index (χ2n) is 4.20. The van der Waals surface area contributed by atoms with Crippen molar-refractivity contribution in [2.75, 3.05) is 13.2 Å². The van der Waals surface area contributed by atoms with Crippen LogP contribution < -0.4 is 15.2 Å². The molecule has 15 heavy (non-hydrogen) atoms. The lowest BCUT2D eigenvalue weighted by Crippen LogP contribution is -2.29. The van der Waals surface area contributed by atoms with Crippen LogP contribution in [0.3, 0.4) is 0 Å². The Balaban J connectivity index is 2.50. The van der Waals surface area contributed by atoms with Gasteiger partial charge in [-0.3, -0.25) is 0 Å². The zero-order valence-electron chi connectivity index (χ0n) is 8.84. The largest absolute Gasteiger partial charge is 0.486 e. The molecule has 4 heteroatoms. The Bertz CT molecular complexity index is 385. The van der Waals surface area contributed by atoms with Gasteiger partial charge in [0, 0.05) is 5.54 Å². The number of hydrogen-bond donors (Lipinski definition) is 1. The standard InChI is InChI=1S/C11H14BrNO2/c1-11(2,13)7-5-8(12)10-9(6-7)14-3-4-15-10/h5-6H,3-4,13H2,1-2H3. The van der Waals surface area contributed by atoms with Gasteiger partial charge < -0.3 is 15.2 Å². The molecule has 1 aliphatic rings. The molecule has 1 aliphatic heterocycles. The van der Waals surface area contributed by atoms with Crippen molar-refractivity contribution in [1.82, 2.24) is 0 Å². The summed E-state index contributed by atoms with van der Waals surface area (Å²) >= 11 is 3.46. The van der Waals surface area contributed by atoms with Crippen LogP contribution in [0.25, 0.3) is 0 Å². The lowest BCUT2D eigenvalue weighted by Gasteiger charge is -2.25. The Hall–Kier alpha value is -0.740. The molecule has 0 saturated heterocycles. The minimum Gasteiger partial charge on any atom is -0.486 e. The Labute approximate surface area is 97.7 Å². The van der Waals surface area contributed by atoms with Crippen LogP contribution in [0.5, 0.6) is 11.5 Å². The molecule has 0 atom stereocenters. The van der Waals surface area contributed by atoms with E-state index in [9.17, 15) is 0 Å². The zero-order chi connectivity index (χ0) is 11.1. The number of rotatable bonds is 1. The molecule has 0 spiro atoms. The molecule has 1 aromatic carbocycles. The van der Waals surface area contributed by atoms with Gasteiger partial charge in [-0.1, -0.05) is 0 Å². The molecule has 1 heterocycles. The van der Waals surface area contributed by atoms with Crippen LogP contribution >= 0.6 is 15.9 Å². The first-order valence-corrected chi connectivity index (χ1v) is 5.66. The van der Waals surface area contributed by atoms with Gasteiger partial charge in [-0.25, -0.2) is 0 Å². The molecule has 0 amide bonds. The van der Waals surface area contributed by atoms with Crippen LogP contribution in [0.1, 0.15) is 19.4 Å². The molecule has 0 radical (unpaired) electrons. The van der Waals surface area contributed by atoms with E-state index >= 15 is 0 Å². The van der Waals surface area contributed by atoms with Gasteiger partial charge in [0.15, 0.2) is 11.5 Å². The highest BCUT2D eigenvalue weighted by molar-refractivity contribution is 9.10. The van der Waals surface area contributed by atoms with Gasteiger partial charge in [0.2, 0.25) is 0 Å². The van der Waals surface area contributed by atoms with Crippen molar-refractivity contribution in [3.05, 3.63) is 22.2 Å². The first-order valence-electron chi connectivity index (χ1n) is 4.87. The van der Waals surface area contributed by atoms with Crippen molar-refractivity contribution in [2.24, 2.45) is 5.73 Å². The maximum atomic E-state index is 6.04. The Morgan fingerprint density at radius 2 is 1.93 bits per heavy atom. The van der Waals surface area contributed by atoms with E-state index < -0.39 is 0 Å². The van der Waals surface area contributed by atoms with Crippen LogP contribution in [0.2, 0.25) is 0 Å². The molecule has 3 nitrogen and oxygen atoms in total. The molecule has 0 unspecified atom stereocenters. The molecule has 1 aromatic rings. The quantitative estimate of drug-likeness (QED) is 0.853. The van der Waals surface area contributed by atoms with E-state index in [1.807, 2.05) is 26.0 Å². The second-order valence-corrected chi connectivity index (χ2v) is 5.06. The smallest absolute Gasteiger partial charge is 0.175 e. The monoisotopic (exact) mass is 271 g/mol. The van der Waals surface area contributed by atoms with Gasteiger partial charge in [0.25, 0.3) is 0 Å². The van der Waals surface area contributed by atoms with E-state index in [0.717, 1.165) is 21.5 Å². The predicted molar refractivity (Wildman–Crippen MR) is 62.3 cm³/mol. The predicted octanol–water partition coefficient (Wildman–Crippen LogP) is 2.41. The number of hydrogen-bond acceptors (Lipinski definition) is 3. The summed E-state index contributed by atoms with van der Waals surface area (Å²) in [5.74, 6) is 1.54. The SMILES string of the molecule is CC(C)(N)c1cc(Br)c2c(c1)OCCO2. The summed E-state index contributed by atoms with van der Waals surface area (Å²) in [5.41, 5.74) is 6.69. The Kier molecular flexibility index (Phi) is 2.64. The van der Waals surface area contributed by atoms with E-state index in [2.05, 4.69) is 15.9 Å². The molecule has 2 N–H and O–H groups in total. The van der Waals surface area contributed by atoms with Crippen molar-refractivity contribution in [2.45, 2.75) is 19.4 Å². The van der Waals surface area contributed by atoms with Crippen LogP contribution in [0.15, 0.2) is 16.6 Å². The van der Waals surface area contributed by atoms with Crippen molar-refractivity contribution < 1.29 is 9.47 Å². The average molecular weight is 272 g/mol. The normalized spacial score (nSPS) is 15.2. The molecule has 0 saturated carbocycles. The number of ether oxygens (including phenoxy) is 2. The van der Waals surface area contributed by atoms with Gasteiger partial charge in [-0.15, -0.1) is 0 Å². The van der Waals surface area contributed by atoms with Crippen molar-refractivity contribution in [3.8, 4) is 11.5 Å². The fraction of sp³-hybridized carbons (Fsp3) is 0.455. The van der Waals surface area contributed by atoms with Crippen LogP contribution in [0, 0.1) is 0 Å². The number of fused-ring (bicyclic) bond motifs is 1. The number of benzene rings is 1. The van der Waals surface area contributed by atoms with Crippen LogP contribution in [-0.2, 0) is 5.54 Å². The summed E-state index contributed by atoms with van der Waals surface area (Å²) in [6.45, 7) is 5.11. The number of nitrogens with two attached hydrogens (primary N) is 1. The Morgan fingerprint density at radius 3 is 2.60 bits per heavy atom. The molecule has 2 rings (SSSR count). The van der Waals surface area contributed by atoms with Crippen molar-refractivity contribution in [3.63, 3.8) is 0 Å². The van der Waals surface area contributed by atoms with Gasteiger partial charge in [0.1, 0.15) is 13.2 Å². The second kappa shape index (κ2) is 3.68. The van der Waals surface area contributed by atoms with E-state index in [1.54, 1.807) is 0 Å². The average Bonchev–Trinajstić information content (AvgIpc) is 2.16. The summed E-state index contributed by atoms with van der Waals surface area (Å²) in [5, 5.41) is 0. The third kappa shape index (κ3) is 2.11. The van der Waals surface area contributed by atoms with Gasteiger partial charge in [-0.05, 0) is 47.5 Å². The fourth-order valence-electron chi connectivity index (χ4n) is 1.48. The van der Waals surface area contributed by atoms with E-state index in [4.69, 9.17) is 15.2 Å². The van der Waals surface area contributed by atoms with Gasteiger partial charge in [0.05, 0.1) is 4.47 Å². The summed E-state index contributed by atoms with van der Waals surface area (Å²) < 4.78 is 11.9. The highest BCUT2D eigenvalue weighted by atomic mass is 79.9. The summed E-state index contributed by atoms with van der Waals surface area (Å²) in [6, 6.07) is 3.92. The topological polar surface area (TPSA) is 44.5 Å². The summed E-state index contributed by atoms with van der Waals surface area (Å²) in [7, 11) is 0. The first kappa shape index (κ1) is 10.8. The maximum absolute atomic E-state index is 6.04. The van der Waals surface area contributed by atoms with Crippen LogP contribution in [-0.4, -0.2) is 13.2 Å². The van der Waals surface area contributed by atoms with Crippen molar-refractivity contribution in [1.29, 1.82) is 0 Å². The van der Waals surface area contributed by atoms with Crippen molar-refractivity contribution >= 4 is 15.9 Å². The van der Waals surface area contributed by atoms with E-state index in [-0.39, 0.29) is 5.54 Å². The molecule has 0 bridgehead atoms. The molecular weight excluding hydrogens is 258 g/mol. The summed E-state index contributed by atoms with van der Waals surface area (Å²) in [6.07, 6.45) is 0. The highest BCUT2D eigenvalue weighted by Crippen LogP contribution is 2.40. The maximum Gasteiger partial charge on any atom is 0.175 e. The van der Waals surface area contributed by atoms with E-state index in [0.29, 0.717) is 13.2 Å². The summed E-state index contributed by atoms with van der Waals surface area (Å²) in [4.78, 5) is 0. The molecular formula is C11H14BrNO2. The van der Waals surface area contributed by atoms with Gasteiger partial charge in [-0.2, -0.15) is 0 Å². The third-order valence-corrected chi connectivity index (χ3v) is 2.93. The third-order valence-electron chi connectivity index (χ3n) is 2.34. The zero-order valence-corrected chi connectivity index (χ0v) is 10.4. The Morgan fingerprint density at radius 1 is 1.27 bits per heavy atom. The van der Waals surface area contributed by atoms with E-state index in [1.165, 1.54) is 0 Å². The fourth-order valence-corrected chi connectivity index (χ4v) is 2.04. The molecule has 0 fully saturated rings. The highest BCUT2D eigenvalue weighted by Gasteiger charge is 2.21. The minimum absolute atomic E-state index is 0.377. The van der Waals surface area contributed by atoms with Gasteiger partial charge >= 0.3 is 0 Å². The lowest BCUT2D eigenvalue weighted by molar-refractivity contribution is 0.170.